The lowest BCUT2D eigenvalue weighted by atomic mass is 10.0. The number of hydrogen-bond acceptors (Lipinski definition) is 4. The largest absolute Gasteiger partial charge is 0.349 e. The van der Waals surface area contributed by atoms with E-state index in [1.807, 2.05) is 35.7 Å². The smallest absolute Gasteiger partial charge is 0.224 e. The summed E-state index contributed by atoms with van der Waals surface area (Å²) in [6, 6.07) is 5.68. The fourth-order valence-electron chi connectivity index (χ4n) is 2.03. The molecule has 1 amide bonds. The number of rotatable bonds is 6. The minimum absolute atomic E-state index is 0.0166. The third kappa shape index (κ3) is 3.08. The van der Waals surface area contributed by atoms with Crippen LogP contribution in [0, 0.1) is 5.92 Å². The summed E-state index contributed by atoms with van der Waals surface area (Å²) < 4.78 is 1.86. The van der Waals surface area contributed by atoms with Crippen LogP contribution < -0.4 is 11.1 Å². The molecule has 0 saturated heterocycles. The molecule has 0 aliphatic heterocycles. The molecule has 1 atom stereocenters. The van der Waals surface area contributed by atoms with E-state index in [1.165, 1.54) is 0 Å². The minimum atomic E-state index is -0.121. The summed E-state index contributed by atoms with van der Waals surface area (Å²) >= 11 is 0. The van der Waals surface area contributed by atoms with Gasteiger partial charge in [-0.25, -0.2) is 0 Å². The second-order valence-corrected chi connectivity index (χ2v) is 4.48. The van der Waals surface area contributed by atoms with Crippen LogP contribution in [0.2, 0.25) is 0 Å². The number of aromatic nitrogens is 3. The van der Waals surface area contributed by atoms with Gasteiger partial charge in [-0.1, -0.05) is 19.4 Å². The van der Waals surface area contributed by atoms with Crippen molar-refractivity contribution in [3.63, 3.8) is 0 Å². The first-order valence-electron chi connectivity index (χ1n) is 6.52. The number of hydrogen-bond donors (Lipinski definition) is 2. The highest BCUT2D eigenvalue weighted by Gasteiger charge is 2.16. The van der Waals surface area contributed by atoms with E-state index in [0.29, 0.717) is 13.1 Å². The van der Waals surface area contributed by atoms with Crippen LogP contribution in [0.15, 0.2) is 24.4 Å². The van der Waals surface area contributed by atoms with Crippen molar-refractivity contribution in [1.82, 2.24) is 19.9 Å². The molecule has 0 bridgehead atoms. The highest BCUT2D eigenvalue weighted by atomic mass is 16.1. The molecule has 0 aromatic carbocycles. The predicted octanol–water partition coefficient (Wildman–Crippen LogP) is 0.720. The molecule has 19 heavy (non-hydrogen) atoms. The Morgan fingerprint density at radius 2 is 2.32 bits per heavy atom. The molecule has 102 valence electrons. The van der Waals surface area contributed by atoms with Crippen molar-refractivity contribution in [1.29, 1.82) is 0 Å². The van der Waals surface area contributed by atoms with Crippen molar-refractivity contribution >= 4 is 11.6 Å². The first kappa shape index (κ1) is 13.5. The molecule has 2 heterocycles. The molecule has 0 fully saturated rings. The molecule has 2 aromatic rings. The van der Waals surface area contributed by atoms with Crippen LogP contribution in [0.4, 0.5) is 0 Å². The molecule has 0 aliphatic rings. The number of carbonyl (C=O) groups excluding carboxylic acids is 1. The second-order valence-electron chi connectivity index (χ2n) is 4.48. The van der Waals surface area contributed by atoms with Gasteiger partial charge in [0, 0.05) is 12.7 Å². The Morgan fingerprint density at radius 1 is 1.47 bits per heavy atom. The number of fused-ring (bicyclic) bond motifs is 1. The van der Waals surface area contributed by atoms with E-state index in [1.54, 1.807) is 0 Å². The van der Waals surface area contributed by atoms with Crippen LogP contribution in [0.3, 0.4) is 0 Å². The molecule has 3 N–H and O–H groups in total. The highest BCUT2D eigenvalue weighted by molar-refractivity contribution is 5.78. The molecule has 0 spiro atoms. The van der Waals surface area contributed by atoms with Gasteiger partial charge in [0.1, 0.15) is 0 Å². The van der Waals surface area contributed by atoms with Crippen LogP contribution in [-0.4, -0.2) is 27.0 Å². The zero-order valence-corrected chi connectivity index (χ0v) is 11.0. The second kappa shape index (κ2) is 6.29. The quantitative estimate of drug-likeness (QED) is 0.802. The normalized spacial score (nSPS) is 12.5. The maximum absolute atomic E-state index is 11.9. The van der Waals surface area contributed by atoms with Gasteiger partial charge in [0.15, 0.2) is 11.5 Å². The third-order valence-corrected chi connectivity index (χ3v) is 3.10. The lowest BCUT2D eigenvalue weighted by Gasteiger charge is -2.13. The Labute approximate surface area is 112 Å². The van der Waals surface area contributed by atoms with Gasteiger partial charge in [-0.15, -0.1) is 10.2 Å². The van der Waals surface area contributed by atoms with Crippen molar-refractivity contribution in [2.45, 2.75) is 26.3 Å². The van der Waals surface area contributed by atoms with Crippen molar-refractivity contribution in [2.75, 3.05) is 6.54 Å². The summed E-state index contributed by atoms with van der Waals surface area (Å²) in [5, 5.41) is 11.0. The summed E-state index contributed by atoms with van der Waals surface area (Å²) in [5.74, 6) is 0.581. The van der Waals surface area contributed by atoms with E-state index >= 15 is 0 Å². The third-order valence-electron chi connectivity index (χ3n) is 3.10. The fraction of sp³-hybridized carbons (Fsp3) is 0.462. The van der Waals surface area contributed by atoms with E-state index in [-0.39, 0.29) is 11.8 Å². The number of carbonyl (C=O) groups is 1. The van der Waals surface area contributed by atoms with E-state index in [9.17, 15) is 4.79 Å². The Hall–Kier alpha value is -1.95. The van der Waals surface area contributed by atoms with Gasteiger partial charge in [0.2, 0.25) is 5.91 Å². The lowest BCUT2D eigenvalue weighted by Crippen LogP contribution is -2.35. The molecular weight excluding hydrogens is 242 g/mol. The standard InChI is InChI=1S/C13H19N5O/c1-2-5-10(8-14)13(19)15-9-12-17-16-11-6-3-4-7-18(11)12/h3-4,6-7,10H,2,5,8-9,14H2,1H3,(H,15,19). The molecule has 2 aromatic heterocycles. The summed E-state index contributed by atoms with van der Waals surface area (Å²) in [5.41, 5.74) is 6.38. The summed E-state index contributed by atoms with van der Waals surface area (Å²) in [6.07, 6.45) is 3.63. The van der Waals surface area contributed by atoms with Crippen molar-refractivity contribution in [3.05, 3.63) is 30.2 Å². The molecule has 6 nitrogen and oxygen atoms in total. The van der Waals surface area contributed by atoms with Gasteiger partial charge in [-0.3, -0.25) is 9.20 Å². The average Bonchev–Trinajstić information content (AvgIpc) is 2.85. The summed E-state index contributed by atoms with van der Waals surface area (Å²) in [6.45, 7) is 2.78. The zero-order valence-electron chi connectivity index (χ0n) is 11.0. The molecule has 0 aliphatic carbocycles. The first-order chi connectivity index (χ1) is 9.26. The maximum atomic E-state index is 11.9. The zero-order chi connectivity index (χ0) is 13.7. The van der Waals surface area contributed by atoms with E-state index in [0.717, 1.165) is 24.3 Å². The topological polar surface area (TPSA) is 85.3 Å². The molecular formula is C13H19N5O. The summed E-state index contributed by atoms with van der Waals surface area (Å²) in [7, 11) is 0. The molecule has 0 radical (unpaired) electrons. The van der Waals surface area contributed by atoms with Gasteiger partial charge < -0.3 is 11.1 Å². The fourth-order valence-corrected chi connectivity index (χ4v) is 2.03. The predicted molar refractivity (Wildman–Crippen MR) is 72.3 cm³/mol. The number of nitrogens with one attached hydrogen (secondary N) is 1. The molecule has 2 rings (SSSR count). The van der Waals surface area contributed by atoms with E-state index in [4.69, 9.17) is 5.73 Å². The molecule has 1 unspecified atom stereocenters. The van der Waals surface area contributed by atoms with Gasteiger partial charge in [-0.05, 0) is 18.6 Å². The Bertz CT molecular complexity index is 551. The van der Waals surface area contributed by atoms with E-state index in [2.05, 4.69) is 15.5 Å². The minimum Gasteiger partial charge on any atom is -0.349 e. The van der Waals surface area contributed by atoms with Crippen LogP contribution in [0.5, 0.6) is 0 Å². The summed E-state index contributed by atoms with van der Waals surface area (Å²) in [4.78, 5) is 11.9. The van der Waals surface area contributed by atoms with Gasteiger partial charge >= 0.3 is 0 Å². The van der Waals surface area contributed by atoms with E-state index < -0.39 is 0 Å². The first-order valence-corrected chi connectivity index (χ1v) is 6.52. The lowest BCUT2D eigenvalue weighted by molar-refractivity contribution is -0.125. The van der Waals surface area contributed by atoms with Gasteiger partial charge in [-0.2, -0.15) is 0 Å². The monoisotopic (exact) mass is 261 g/mol. The van der Waals surface area contributed by atoms with Crippen LogP contribution in [0.1, 0.15) is 25.6 Å². The average molecular weight is 261 g/mol. The van der Waals surface area contributed by atoms with Crippen molar-refractivity contribution in [2.24, 2.45) is 11.7 Å². The van der Waals surface area contributed by atoms with Gasteiger partial charge in [0.25, 0.3) is 0 Å². The molecule has 0 saturated carbocycles. The van der Waals surface area contributed by atoms with Crippen molar-refractivity contribution in [3.8, 4) is 0 Å². The Balaban J connectivity index is 2.00. The SMILES string of the molecule is CCCC(CN)C(=O)NCc1nnc2ccccn12. The van der Waals surface area contributed by atoms with Crippen molar-refractivity contribution < 1.29 is 4.79 Å². The number of nitrogens with zero attached hydrogens (tertiary/aromatic N) is 3. The van der Waals surface area contributed by atoms with Crippen LogP contribution in [-0.2, 0) is 11.3 Å². The van der Waals surface area contributed by atoms with Crippen LogP contribution in [0.25, 0.3) is 5.65 Å². The Morgan fingerprint density at radius 3 is 3.05 bits per heavy atom. The van der Waals surface area contributed by atoms with Crippen LogP contribution >= 0.6 is 0 Å². The number of amides is 1. The highest BCUT2D eigenvalue weighted by Crippen LogP contribution is 2.06. The maximum Gasteiger partial charge on any atom is 0.224 e. The number of nitrogens with two attached hydrogens (primary N) is 1. The number of pyridine rings is 1. The molecule has 6 heteroatoms. The Kier molecular flexibility index (Phi) is 4.46. The van der Waals surface area contributed by atoms with Gasteiger partial charge in [0.05, 0.1) is 12.5 Å².